The zero-order valence-corrected chi connectivity index (χ0v) is 13.9. The Balaban J connectivity index is 1.85. The molecule has 1 heterocycles. The van der Waals surface area contributed by atoms with Crippen molar-refractivity contribution in [1.82, 2.24) is 10.2 Å². The lowest BCUT2D eigenvalue weighted by molar-refractivity contribution is -0.117. The minimum atomic E-state index is -0.0631. The predicted octanol–water partition coefficient (Wildman–Crippen LogP) is 2.22. The van der Waals surface area contributed by atoms with E-state index in [9.17, 15) is 4.79 Å². The van der Waals surface area contributed by atoms with Crippen molar-refractivity contribution in [3.05, 3.63) is 23.2 Å². The van der Waals surface area contributed by atoms with Crippen molar-refractivity contribution < 1.29 is 9.53 Å². The monoisotopic (exact) mass is 325 g/mol. The van der Waals surface area contributed by atoms with E-state index in [1.807, 2.05) is 7.05 Å². The molecule has 1 aliphatic rings. The second-order valence-electron chi connectivity index (χ2n) is 5.80. The van der Waals surface area contributed by atoms with E-state index in [2.05, 4.69) is 15.5 Å². The Morgan fingerprint density at radius 2 is 2.36 bits per heavy atom. The minimum Gasteiger partial charge on any atom is -0.495 e. The van der Waals surface area contributed by atoms with Crippen LogP contribution in [0.25, 0.3) is 0 Å². The van der Waals surface area contributed by atoms with Crippen molar-refractivity contribution in [2.24, 2.45) is 5.92 Å². The SMILES string of the molecule is COc1ccc(Cl)cc1NC(=O)CN(C)CC1CCCNC1. The molecule has 1 saturated heterocycles. The van der Waals surface area contributed by atoms with Gasteiger partial charge in [0, 0.05) is 11.6 Å². The highest BCUT2D eigenvalue weighted by atomic mass is 35.5. The number of hydrogen-bond donors (Lipinski definition) is 2. The van der Waals surface area contributed by atoms with E-state index in [1.54, 1.807) is 25.3 Å². The van der Waals surface area contributed by atoms with E-state index in [4.69, 9.17) is 16.3 Å². The number of rotatable bonds is 6. The van der Waals surface area contributed by atoms with Gasteiger partial charge >= 0.3 is 0 Å². The number of hydrogen-bond acceptors (Lipinski definition) is 4. The number of carbonyl (C=O) groups excluding carboxylic acids is 1. The molecule has 1 aromatic carbocycles. The highest BCUT2D eigenvalue weighted by Gasteiger charge is 2.17. The summed E-state index contributed by atoms with van der Waals surface area (Å²) in [5.41, 5.74) is 0.604. The van der Waals surface area contributed by atoms with E-state index in [0.717, 1.165) is 19.6 Å². The maximum absolute atomic E-state index is 12.2. The Bertz CT molecular complexity index is 504. The Kier molecular flexibility index (Phi) is 6.49. The van der Waals surface area contributed by atoms with E-state index in [0.29, 0.717) is 28.9 Å². The number of ether oxygens (including phenoxy) is 1. The van der Waals surface area contributed by atoms with Crippen molar-refractivity contribution in [2.75, 3.05) is 45.7 Å². The van der Waals surface area contributed by atoms with Crippen LogP contribution in [-0.2, 0) is 4.79 Å². The average Bonchev–Trinajstić information content (AvgIpc) is 2.48. The summed E-state index contributed by atoms with van der Waals surface area (Å²) in [6, 6.07) is 5.18. The van der Waals surface area contributed by atoms with Gasteiger partial charge in [-0.1, -0.05) is 11.6 Å². The Labute approximate surface area is 137 Å². The topological polar surface area (TPSA) is 53.6 Å². The van der Waals surface area contributed by atoms with Crippen LogP contribution >= 0.6 is 11.6 Å². The van der Waals surface area contributed by atoms with Gasteiger partial charge in [0.15, 0.2) is 0 Å². The number of nitrogens with one attached hydrogen (secondary N) is 2. The Morgan fingerprint density at radius 1 is 1.55 bits per heavy atom. The van der Waals surface area contributed by atoms with Crippen molar-refractivity contribution >= 4 is 23.2 Å². The molecule has 0 saturated carbocycles. The first-order valence-electron chi connectivity index (χ1n) is 7.61. The van der Waals surface area contributed by atoms with Crippen LogP contribution in [0.1, 0.15) is 12.8 Å². The molecule has 6 heteroatoms. The molecule has 1 aliphatic heterocycles. The van der Waals surface area contributed by atoms with Crippen molar-refractivity contribution in [2.45, 2.75) is 12.8 Å². The van der Waals surface area contributed by atoms with Gasteiger partial charge in [0.25, 0.3) is 0 Å². The number of carbonyl (C=O) groups is 1. The largest absolute Gasteiger partial charge is 0.495 e. The van der Waals surface area contributed by atoms with Crippen LogP contribution in [0.5, 0.6) is 5.75 Å². The molecule has 1 aromatic rings. The fourth-order valence-electron chi connectivity index (χ4n) is 2.80. The van der Waals surface area contributed by atoms with Gasteiger partial charge in [-0.25, -0.2) is 0 Å². The third-order valence-electron chi connectivity index (χ3n) is 3.82. The second kappa shape index (κ2) is 8.36. The van der Waals surface area contributed by atoms with E-state index < -0.39 is 0 Å². The van der Waals surface area contributed by atoms with Gasteiger partial charge in [-0.05, 0) is 57.1 Å². The first-order valence-corrected chi connectivity index (χ1v) is 7.99. The molecule has 2 N–H and O–H groups in total. The maximum Gasteiger partial charge on any atom is 0.238 e. The molecule has 1 atom stereocenters. The standard InChI is InChI=1S/C16H24ClN3O2/c1-20(10-12-4-3-7-18-9-12)11-16(21)19-14-8-13(17)5-6-15(14)22-2/h5-6,8,12,18H,3-4,7,9-11H2,1-2H3,(H,19,21). The number of amides is 1. The normalized spacial score (nSPS) is 18.3. The molecule has 5 nitrogen and oxygen atoms in total. The fourth-order valence-corrected chi connectivity index (χ4v) is 2.97. The molecule has 122 valence electrons. The molecule has 1 unspecified atom stereocenters. The molecular formula is C16H24ClN3O2. The number of nitrogens with zero attached hydrogens (tertiary/aromatic N) is 1. The number of likely N-dealkylation sites (N-methyl/N-ethyl adjacent to an activating group) is 1. The molecule has 1 fully saturated rings. The molecule has 0 radical (unpaired) electrons. The van der Waals surface area contributed by atoms with Crippen LogP contribution in [0.4, 0.5) is 5.69 Å². The zero-order chi connectivity index (χ0) is 15.9. The third kappa shape index (κ3) is 5.16. The van der Waals surface area contributed by atoms with Gasteiger partial charge in [0.2, 0.25) is 5.91 Å². The quantitative estimate of drug-likeness (QED) is 0.842. The highest BCUT2D eigenvalue weighted by Crippen LogP contribution is 2.27. The van der Waals surface area contributed by atoms with Crippen LogP contribution in [0.3, 0.4) is 0 Å². The second-order valence-corrected chi connectivity index (χ2v) is 6.24. The Morgan fingerprint density at radius 3 is 3.05 bits per heavy atom. The smallest absolute Gasteiger partial charge is 0.238 e. The summed E-state index contributed by atoms with van der Waals surface area (Å²) < 4.78 is 5.23. The number of benzene rings is 1. The molecular weight excluding hydrogens is 302 g/mol. The number of methoxy groups -OCH3 is 1. The lowest BCUT2D eigenvalue weighted by Gasteiger charge is -2.27. The summed E-state index contributed by atoms with van der Waals surface area (Å²) in [6.07, 6.45) is 2.44. The number of piperidine rings is 1. The van der Waals surface area contributed by atoms with Gasteiger partial charge in [0.05, 0.1) is 19.3 Å². The summed E-state index contributed by atoms with van der Waals surface area (Å²) >= 11 is 5.97. The molecule has 0 spiro atoms. The van der Waals surface area contributed by atoms with Crippen LogP contribution in [0, 0.1) is 5.92 Å². The first kappa shape index (κ1) is 17.1. The van der Waals surface area contributed by atoms with Crippen molar-refractivity contribution in [3.63, 3.8) is 0 Å². The van der Waals surface area contributed by atoms with E-state index in [-0.39, 0.29) is 5.91 Å². The summed E-state index contributed by atoms with van der Waals surface area (Å²) in [4.78, 5) is 14.2. The summed E-state index contributed by atoms with van der Waals surface area (Å²) in [5, 5.41) is 6.83. The minimum absolute atomic E-state index is 0.0631. The van der Waals surface area contributed by atoms with Gasteiger partial charge in [-0.15, -0.1) is 0 Å². The molecule has 2 rings (SSSR count). The fraction of sp³-hybridized carbons (Fsp3) is 0.562. The van der Waals surface area contributed by atoms with Crippen molar-refractivity contribution in [3.8, 4) is 5.75 Å². The van der Waals surface area contributed by atoms with E-state index in [1.165, 1.54) is 12.8 Å². The first-order chi connectivity index (χ1) is 10.6. The average molecular weight is 326 g/mol. The molecule has 0 bridgehead atoms. The van der Waals surface area contributed by atoms with Gasteiger partial charge < -0.3 is 15.4 Å². The lowest BCUT2D eigenvalue weighted by atomic mass is 9.99. The third-order valence-corrected chi connectivity index (χ3v) is 4.05. The molecule has 0 aromatic heterocycles. The van der Waals surface area contributed by atoms with Gasteiger partial charge in [-0.2, -0.15) is 0 Å². The van der Waals surface area contributed by atoms with Crippen LogP contribution in [0.2, 0.25) is 5.02 Å². The lowest BCUT2D eigenvalue weighted by Crippen LogP contribution is -2.39. The maximum atomic E-state index is 12.2. The number of anilines is 1. The van der Waals surface area contributed by atoms with Crippen LogP contribution in [-0.4, -0.2) is 51.1 Å². The highest BCUT2D eigenvalue weighted by molar-refractivity contribution is 6.31. The summed E-state index contributed by atoms with van der Waals surface area (Å²) in [5.74, 6) is 1.16. The molecule has 0 aliphatic carbocycles. The van der Waals surface area contributed by atoms with Crippen LogP contribution in [0.15, 0.2) is 18.2 Å². The van der Waals surface area contributed by atoms with Crippen molar-refractivity contribution in [1.29, 1.82) is 0 Å². The zero-order valence-electron chi connectivity index (χ0n) is 13.2. The summed E-state index contributed by atoms with van der Waals surface area (Å²) in [7, 11) is 3.55. The van der Waals surface area contributed by atoms with E-state index >= 15 is 0 Å². The van der Waals surface area contributed by atoms with Gasteiger partial charge in [0.1, 0.15) is 5.75 Å². The summed E-state index contributed by atoms with van der Waals surface area (Å²) in [6.45, 7) is 3.42. The predicted molar refractivity (Wildman–Crippen MR) is 89.7 cm³/mol. The number of halogens is 1. The molecule has 22 heavy (non-hydrogen) atoms. The van der Waals surface area contributed by atoms with Gasteiger partial charge in [-0.3, -0.25) is 9.69 Å². The molecule has 1 amide bonds. The van der Waals surface area contributed by atoms with Crippen LogP contribution < -0.4 is 15.4 Å². The Hall–Kier alpha value is -1.30.